The number of benzene rings is 2. The van der Waals surface area contributed by atoms with Crippen LogP contribution in [0.25, 0.3) is 23.1 Å². The molecule has 2 aliphatic rings. The Hall–Kier alpha value is -3.18. The lowest BCUT2D eigenvalue weighted by Gasteiger charge is -2.26. The van der Waals surface area contributed by atoms with Gasteiger partial charge >= 0.3 is 0 Å². The van der Waals surface area contributed by atoms with Crippen LogP contribution in [-0.4, -0.2) is 46.9 Å². The number of rotatable bonds is 9. The van der Waals surface area contributed by atoms with Crippen molar-refractivity contribution in [1.29, 1.82) is 0 Å². The fraction of sp³-hybridized carbons (Fsp3) is 0.438. The van der Waals surface area contributed by atoms with E-state index in [0.29, 0.717) is 12.2 Å². The zero-order valence-corrected chi connectivity index (χ0v) is 22.5. The first-order valence-corrected chi connectivity index (χ1v) is 13.8. The van der Waals surface area contributed by atoms with Crippen LogP contribution < -0.4 is 20.0 Å². The van der Waals surface area contributed by atoms with E-state index in [9.17, 15) is 5.11 Å². The molecule has 0 spiro atoms. The van der Waals surface area contributed by atoms with Crippen molar-refractivity contribution >= 4 is 11.8 Å². The lowest BCUT2D eigenvalue weighted by molar-refractivity contribution is 0.183. The van der Waals surface area contributed by atoms with Crippen molar-refractivity contribution in [1.82, 2.24) is 9.47 Å². The van der Waals surface area contributed by atoms with Crippen molar-refractivity contribution in [2.75, 3.05) is 26.2 Å². The Labute approximate surface area is 220 Å². The molecule has 5 rings (SSSR count). The van der Waals surface area contributed by atoms with Gasteiger partial charge in [0.1, 0.15) is 23.9 Å². The molecule has 0 saturated carbocycles. The number of hydrogen-bond acceptors (Lipinski definition) is 4. The van der Waals surface area contributed by atoms with Gasteiger partial charge < -0.3 is 19.1 Å². The van der Waals surface area contributed by atoms with E-state index in [2.05, 4.69) is 58.9 Å². The summed E-state index contributed by atoms with van der Waals surface area (Å²) in [6.45, 7) is 11.1. The van der Waals surface area contributed by atoms with E-state index in [1.807, 2.05) is 26.0 Å². The number of nitrogens with zero attached hydrogens (tertiary/aromatic N) is 2. The number of hydrogen-bond donors (Lipinski definition) is 1. The predicted molar refractivity (Wildman–Crippen MR) is 151 cm³/mol. The summed E-state index contributed by atoms with van der Waals surface area (Å²) in [5, 5.41) is 12.9. The van der Waals surface area contributed by atoms with Crippen LogP contribution in [0.1, 0.15) is 57.1 Å². The predicted octanol–water partition coefficient (Wildman–Crippen LogP) is 5.40. The van der Waals surface area contributed by atoms with Crippen molar-refractivity contribution in [3.05, 3.63) is 70.2 Å². The highest BCUT2D eigenvalue weighted by Gasteiger charge is 2.19. The number of aromatic nitrogens is 1. The number of piperidine rings is 1. The summed E-state index contributed by atoms with van der Waals surface area (Å²) in [4.78, 5) is 2.50. The lowest BCUT2D eigenvalue weighted by Crippen LogP contribution is -2.34. The van der Waals surface area contributed by atoms with Gasteiger partial charge in [-0.3, -0.25) is 4.90 Å². The molecular formula is C32H40N2O3. The monoisotopic (exact) mass is 500 g/mol. The maximum absolute atomic E-state index is 10.8. The third kappa shape index (κ3) is 5.88. The highest BCUT2D eigenvalue weighted by atomic mass is 16.5. The smallest absolute Gasteiger partial charge is 0.119 e. The Morgan fingerprint density at radius 3 is 2.32 bits per heavy atom. The summed E-state index contributed by atoms with van der Waals surface area (Å²) >= 11 is 0. The standard InChI is InChI=1S/C32H40N2O3/c1-23(2)37-28-16-12-26(13-17-28)32-24(3)31-29(8-7-9-30(31)35)34(32)22-25-10-14-27(15-11-25)36-21-20-33-18-5-4-6-19-33/h8,10-17,23,35H,4-7,9,18-22H2,1-3H3. The first kappa shape index (κ1) is 25.5. The molecule has 1 N–H and O–H groups in total. The fourth-order valence-electron chi connectivity index (χ4n) is 5.66. The van der Waals surface area contributed by atoms with E-state index in [1.54, 1.807) is 0 Å². The Kier molecular flexibility index (Phi) is 7.90. The molecule has 0 atom stereocenters. The Morgan fingerprint density at radius 2 is 1.62 bits per heavy atom. The van der Waals surface area contributed by atoms with Gasteiger partial charge in [0.2, 0.25) is 0 Å². The van der Waals surface area contributed by atoms with Crippen LogP contribution in [0.2, 0.25) is 0 Å². The van der Waals surface area contributed by atoms with Crippen molar-refractivity contribution in [3.8, 4) is 22.8 Å². The zero-order valence-electron chi connectivity index (χ0n) is 22.5. The largest absolute Gasteiger partial charge is 0.512 e. The maximum atomic E-state index is 10.8. The minimum Gasteiger partial charge on any atom is -0.512 e. The second kappa shape index (κ2) is 11.5. The van der Waals surface area contributed by atoms with Gasteiger partial charge in [0.05, 0.1) is 11.8 Å². The van der Waals surface area contributed by atoms with Gasteiger partial charge in [0, 0.05) is 30.1 Å². The van der Waals surface area contributed by atoms with Crippen LogP contribution >= 0.6 is 0 Å². The molecule has 1 fully saturated rings. The van der Waals surface area contributed by atoms with Crippen molar-refractivity contribution in [3.63, 3.8) is 0 Å². The second-order valence-corrected chi connectivity index (χ2v) is 10.6. The summed E-state index contributed by atoms with van der Waals surface area (Å²) in [7, 11) is 0. The SMILES string of the molecule is Cc1c(-c2ccc(OC(C)C)cc2)n(Cc2ccc(OCCN3CCCCC3)cc2)c2c1=C(O)CCC=2. The average molecular weight is 501 g/mol. The summed E-state index contributed by atoms with van der Waals surface area (Å²) in [6, 6.07) is 16.8. The fourth-order valence-corrected chi connectivity index (χ4v) is 5.66. The van der Waals surface area contributed by atoms with E-state index in [0.717, 1.165) is 65.0 Å². The number of ether oxygens (including phenoxy) is 2. The Bertz CT molecular complexity index is 1310. The third-order valence-electron chi connectivity index (χ3n) is 7.44. The van der Waals surface area contributed by atoms with E-state index in [1.165, 1.54) is 37.9 Å². The number of likely N-dealkylation sites (tertiary alicyclic amines) is 1. The molecule has 2 heterocycles. The second-order valence-electron chi connectivity index (χ2n) is 10.6. The summed E-state index contributed by atoms with van der Waals surface area (Å²) in [5.41, 5.74) is 4.61. The summed E-state index contributed by atoms with van der Waals surface area (Å²) in [5.74, 6) is 2.29. The summed E-state index contributed by atoms with van der Waals surface area (Å²) in [6.07, 6.45) is 7.93. The van der Waals surface area contributed by atoms with Crippen LogP contribution in [0.5, 0.6) is 11.5 Å². The van der Waals surface area contributed by atoms with E-state index in [4.69, 9.17) is 9.47 Å². The van der Waals surface area contributed by atoms with E-state index in [-0.39, 0.29) is 6.10 Å². The molecule has 3 aromatic rings. The van der Waals surface area contributed by atoms with E-state index >= 15 is 0 Å². The topological polar surface area (TPSA) is 46.9 Å². The molecule has 2 aromatic carbocycles. The van der Waals surface area contributed by atoms with Gasteiger partial charge in [0.25, 0.3) is 0 Å². The molecule has 37 heavy (non-hydrogen) atoms. The van der Waals surface area contributed by atoms with Gasteiger partial charge in [-0.05, 0) is 106 Å². The molecule has 0 amide bonds. The molecule has 1 aliphatic carbocycles. The molecule has 5 heteroatoms. The molecule has 1 aromatic heterocycles. The molecule has 0 bridgehead atoms. The highest BCUT2D eigenvalue weighted by molar-refractivity contribution is 5.68. The molecule has 1 saturated heterocycles. The van der Waals surface area contributed by atoms with E-state index < -0.39 is 0 Å². The molecule has 5 nitrogen and oxygen atoms in total. The van der Waals surface area contributed by atoms with Crippen LogP contribution in [0.4, 0.5) is 0 Å². The van der Waals surface area contributed by atoms with Gasteiger partial charge in [0.15, 0.2) is 0 Å². The first-order chi connectivity index (χ1) is 18.0. The van der Waals surface area contributed by atoms with Crippen molar-refractivity contribution in [2.24, 2.45) is 0 Å². The minimum atomic E-state index is 0.140. The number of fused-ring (bicyclic) bond motifs is 1. The average Bonchev–Trinajstić information content (AvgIpc) is 3.18. The molecule has 1 aliphatic heterocycles. The van der Waals surface area contributed by atoms with Crippen LogP contribution in [-0.2, 0) is 6.54 Å². The van der Waals surface area contributed by atoms with Gasteiger partial charge in [-0.15, -0.1) is 0 Å². The maximum Gasteiger partial charge on any atom is 0.119 e. The first-order valence-electron chi connectivity index (χ1n) is 13.8. The van der Waals surface area contributed by atoms with Crippen LogP contribution in [0.15, 0.2) is 48.5 Å². The lowest BCUT2D eigenvalue weighted by atomic mass is 10.0. The molecule has 0 unspecified atom stereocenters. The molecular weight excluding hydrogens is 460 g/mol. The third-order valence-corrected chi connectivity index (χ3v) is 7.44. The van der Waals surface area contributed by atoms with Gasteiger partial charge in [-0.25, -0.2) is 0 Å². The number of aliphatic hydroxyl groups excluding tert-OH is 1. The molecule has 0 radical (unpaired) electrons. The molecule has 196 valence electrons. The number of aliphatic hydroxyl groups is 1. The Balaban J connectivity index is 1.38. The quantitative estimate of drug-likeness (QED) is 0.427. The zero-order chi connectivity index (χ0) is 25.8. The van der Waals surface area contributed by atoms with Crippen LogP contribution in [0.3, 0.4) is 0 Å². The Morgan fingerprint density at radius 1 is 0.919 bits per heavy atom. The van der Waals surface area contributed by atoms with Crippen LogP contribution in [0, 0.1) is 6.92 Å². The van der Waals surface area contributed by atoms with Crippen molar-refractivity contribution < 1.29 is 14.6 Å². The normalized spacial score (nSPS) is 15.9. The van der Waals surface area contributed by atoms with Gasteiger partial charge in [-0.2, -0.15) is 0 Å². The van der Waals surface area contributed by atoms with Crippen molar-refractivity contribution in [2.45, 2.75) is 65.5 Å². The minimum absolute atomic E-state index is 0.140. The highest BCUT2D eigenvalue weighted by Crippen LogP contribution is 2.26. The summed E-state index contributed by atoms with van der Waals surface area (Å²) < 4.78 is 14.3. The van der Waals surface area contributed by atoms with Gasteiger partial charge in [-0.1, -0.05) is 24.6 Å².